The minimum atomic E-state index is -3.59. The lowest BCUT2D eigenvalue weighted by Crippen LogP contribution is -2.35. The Bertz CT molecular complexity index is 771. The van der Waals surface area contributed by atoms with Crippen LogP contribution in [0.5, 0.6) is 0 Å². The normalized spacial score (nSPS) is 12.9. The molecule has 0 unspecified atom stereocenters. The highest BCUT2D eigenvalue weighted by Gasteiger charge is 2.26. The molecule has 2 aromatic rings. The summed E-state index contributed by atoms with van der Waals surface area (Å²) in [6.45, 7) is 3.69. The quantitative estimate of drug-likeness (QED) is 0.861. The fraction of sp³-hybridized carbons (Fsp3) is 0.357. The number of hydrogen-bond acceptors (Lipinski definition) is 6. The Balaban J connectivity index is 2.13. The van der Waals surface area contributed by atoms with Crippen LogP contribution in [-0.4, -0.2) is 30.9 Å². The molecule has 124 valence electrons. The van der Waals surface area contributed by atoms with E-state index in [0.29, 0.717) is 5.69 Å². The number of carbonyl (C=O) groups excluding carboxylic acids is 1. The largest absolute Gasteiger partial charge is 0.410 e. The molecule has 0 spiro atoms. The van der Waals surface area contributed by atoms with Gasteiger partial charge >= 0.3 is 11.3 Å². The van der Waals surface area contributed by atoms with Crippen LogP contribution in [0, 0.1) is 5.92 Å². The highest BCUT2D eigenvalue weighted by molar-refractivity contribution is 7.90. The molecule has 2 amide bonds. The second-order valence-corrected chi connectivity index (χ2v) is 7.26. The Morgan fingerprint density at radius 1 is 1.17 bits per heavy atom. The molecular formula is C14H18N4O4S. The van der Waals surface area contributed by atoms with Gasteiger partial charge in [0.15, 0.2) is 0 Å². The second kappa shape index (κ2) is 6.78. The fourth-order valence-electron chi connectivity index (χ4n) is 1.84. The summed E-state index contributed by atoms with van der Waals surface area (Å²) in [4.78, 5) is 12.1. The number of para-hydroxylation sites is 1. The maximum atomic E-state index is 12.1. The predicted molar refractivity (Wildman–Crippen MR) is 83.6 cm³/mol. The van der Waals surface area contributed by atoms with E-state index in [9.17, 15) is 13.2 Å². The first kappa shape index (κ1) is 16.9. The third kappa shape index (κ3) is 4.52. The minimum absolute atomic E-state index is 0.0450. The standard InChI is InChI=1S/C14H18N4O4S/c1-9(2)11(12-17-18-14(22-12)23(3,20)21)16-13(19)15-10-7-5-4-6-8-10/h4-9,11H,1-3H3,(H2,15,16,19)/t11-/m0/s1. The van der Waals surface area contributed by atoms with Gasteiger partial charge in [0, 0.05) is 11.9 Å². The van der Waals surface area contributed by atoms with Crippen LogP contribution in [0.15, 0.2) is 40.0 Å². The molecule has 0 aliphatic heterocycles. The van der Waals surface area contributed by atoms with Crippen LogP contribution in [0.3, 0.4) is 0 Å². The van der Waals surface area contributed by atoms with Crippen molar-refractivity contribution in [3.63, 3.8) is 0 Å². The van der Waals surface area contributed by atoms with E-state index in [0.717, 1.165) is 6.26 Å². The first-order valence-corrected chi connectivity index (χ1v) is 8.82. The Morgan fingerprint density at radius 3 is 2.35 bits per heavy atom. The van der Waals surface area contributed by atoms with E-state index in [1.807, 2.05) is 19.9 Å². The topological polar surface area (TPSA) is 114 Å². The third-order valence-corrected chi connectivity index (χ3v) is 3.79. The Kier molecular flexibility index (Phi) is 4.99. The molecule has 0 bridgehead atoms. The van der Waals surface area contributed by atoms with E-state index in [2.05, 4.69) is 20.8 Å². The van der Waals surface area contributed by atoms with Gasteiger partial charge in [-0.2, -0.15) is 0 Å². The number of sulfone groups is 1. The van der Waals surface area contributed by atoms with Crippen LogP contribution in [0.2, 0.25) is 0 Å². The first-order valence-electron chi connectivity index (χ1n) is 6.93. The molecule has 2 rings (SSSR count). The van der Waals surface area contributed by atoms with Gasteiger partial charge in [-0.05, 0) is 18.1 Å². The number of benzene rings is 1. The number of rotatable bonds is 5. The zero-order valence-electron chi connectivity index (χ0n) is 13.0. The number of anilines is 1. The summed E-state index contributed by atoms with van der Waals surface area (Å²) in [7, 11) is -3.59. The van der Waals surface area contributed by atoms with Gasteiger partial charge in [-0.25, -0.2) is 13.2 Å². The number of aromatic nitrogens is 2. The van der Waals surface area contributed by atoms with Crippen molar-refractivity contribution >= 4 is 21.6 Å². The summed E-state index contributed by atoms with van der Waals surface area (Å²) in [6, 6.07) is 7.87. The zero-order valence-corrected chi connectivity index (χ0v) is 13.8. The molecule has 0 saturated carbocycles. The number of carbonyl (C=O) groups is 1. The molecule has 1 atom stereocenters. The van der Waals surface area contributed by atoms with Gasteiger partial charge in [0.1, 0.15) is 6.04 Å². The molecule has 1 heterocycles. The fourth-order valence-corrected chi connectivity index (χ4v) is 2.27. The summed E-state index contributed by atoms with van der Waals surface area (Å²) in [6.07, 6.45) is 0.976. The van der Waals surface area contributed by atoms with Crippen LogP contribution in [-0.2, 0) is 9.84 Å². The lowest BCUT2D eigenvalue weighted by atomic mass is 10.1. The molecule has 0 saturated heterocycles. The van der Waals surface area contributed by atoms with Crippen LogP contribution in [0.1, 0.15) is 25.8 Å². The van der Waals surface area contributed by atoms with E-state index in [1.165, 1.54) is 0 Å². The van der Waals surface area contributed by atoms with Crippen molar-refractivity contribution in [3.8, 4) is 0 Å². The van der Waals surface area contributed by atoms with Crippen LogP contribution < -0.4 is 10.6 Å². The molecule has 0 fully saturated rings. The minimum Gasteiger partial charge on any atom is -0.410 e. The zero-order chi connectivity index (χ0) is 17.0. The van der Waals surface area contributed by atoms with Gasteiger partial charge in [0.05, 0.1) is 0 Å². The second-order valence-electron chi connectivity index (χ2n) is 5.36. The average molecular weight is 338 g/mol. The number of amides is 2. The molecule has 23 heavy (non-hydrogen) atoms. The molecule has 0 aliphatic rings. The van der Waals surface area contributed by atoms with Crippen molar-refractivity contribution < 1.29 is 17.6 Å². The highest BCUT2D eigenvalue weighted by Crippen LogP contribution is 2.22. The monoisotopic (exact) mass is 338 g/mol. The van der Waals surface area contributed by atoms with Crippen molar-refractivity contribution in [2.75, 3.05) is 11.6 Å². The van der Waals surface area contributed by atoms with Crippen LogP contribution >= 0.6 is 0 Å². The van der Waals surface area contributed by atoms with E-state index < -0.39 is 27.1 Å². The van der Waals surface area contributed by atoms with Gasteiger partial charge in [-0.15, -0.1) is 5.10 Å². The van der Waals surface area contributed by atoms with Crippen molar-refractivity contribution in [1.29, 1.82) is 0 Å². The van der Waals surface area contributed by atoms with E-state index >= 15 is 0 Å². The summed E-state index contributed by atoms with van der Waals surface area (Å²) in [5.41, 5.74) is 0.634. The summed E-state index contributed by atoms with van der Waals surface area (Å²) >= 11 is 0. The van der Waals surface area contributed by atoms with Gasteiger partial charge < -0.3 is 15.1 Å². The van der Waals surface area contributed by atoms with Crippen molar-refractivity contribution in [1.82, 2.24) is 15.5 Å². The van der Waals surface area contributed by atoms with Crippen LogP contribution in [0.25, 0.3) is 0 Å². The molecule has 2 N–H and O–H groups in total. The molecule has 1 aromatic heterocycles. The SMILES string of the molecule is CC(C)[C@H](NC(=O)Nc1ccccc1)c1nnc(S(C)(=O)=O)o1. The van der Waals surface area contributed by atoms with Gasteiger partial charge in [0.25, 0.3) is 0 Å². The molecule has 8 nitrogen and oxygen atoms in total. The van der Waals surface area contributed by atoms with Crippen molar-refractivity contribution in [2.45, 2.75) is 25.1 Å². The molecule has 1 aromatic carbocycles. The van der Waals surface area contributed by atoms with Gasteiger partial charge in [-0.3, -0.25) is 0 Å². The van der Waals surface area contributed by atoms with E-state index in [4.69, 9.17) is 4.42 Å². The van der Waals surface area contributed by atoms with Crippen LogP contribution in [0.4, 0.5) is 10.5 Å². The maximum absolute atomic E-state index is 12.1. The van der Waals surface area contributed by atoms with Crippen molar-refractivity contribution in [2.24, 2.45) is 5.92 Å². The number of nitrogens with zero attached hydrogens (tertiary/aromatic N) is 2. The maximum Gasteiger partial charge on any atom is 0.335 e. The molecule has 9 heteroatoms. The highest BCUT2D eigenvalue weighted by atomic mass is 32.2. The van der Waals surface area contributed by atoms with E-state index in [-0.39, 0.29) is 11.8 Å². The number of hydrogen-bond donors (Lipinski definition) is 2. The van der Waals surface area contributed by atoms with E-state index in [1.54, 1.807) is 24.3 Å². The molecule has 0 aliphatic carbocycles. The summed E-state index contributed by atoms with van der Waals surface area (Å²) < 4.78 is 28.0. The van der Waals surface area contributed by atoms with Gasteiger partial charge in [-0.1, -0.05) is 37.1 Å². The van der Waals surface area contributed by atoms with Gasteiger partial charge in [0.2, 0.25) is 15.7 Å². The Labute approximate surface area is 134 Å². The lowest BCUT2D eigenvalue weighted by molar-refractivity contribution is 0.237. The molecular weight excluding hydrogens is 320 g/mol. The summed E-state index contributed by atoms with van der Waals surface area (Å²) in [5, 5.41) is 12.1. The molecule has 0 radical (unpaired) electrons. The number of nitrogens with one attached hydrogen (secondary N) is 2. The van der Waals surface area contributed by atoms with Crippen molar-refractivity contribution in [3.05, 3.63) is 36.2 Å². The number of urea groups is 1. The third-order valence-electron chi connectivity index (χ3n) is 2.99. The lowest BCUT2D eigenvalue weighted by Gasteiger charge is -2.19. The summed E-state index contributed by atoms with van der Waals surface area (Å²) in [5.74, 6) is -0.0342. The Morgan fingerprint density at radius 2 is 1.83 bits per heavy atom. The average Bonchev–Trinajstić information content (AvgIpc) is 2.95. The predicted octanol–water partition coefficient (Wildman–Crippen LogP) is 1.99. The smallest absolute Gasteiger partial charge is 0.335 e. The first-order chi connectivity index (χ1) is 10.8. The Hall–Kier alpha value is -2.42.